The van der Waals surface area contributed by atoms with E-state index in [9.17, 15) is 4.79 Å². The van der Waals surface area contributed by atoms with Gasteiger partial charge in [-0.15, -0.1) is 11.8 Å². The van der Waals surface area contributed by atoms with Crippen LogP contribution >= 0.6 is 23.4 Å². The summed E-state index contributed by atoms with van der Waals surface area (Å²) in [6.07, 6.45) is 1.46. The molecule has 1 aromatic rings. The number of rotatable bonds is 7. The molecular formula is C15H20ClNO2S. The molecule has 1 N–H and O–H groups in total. The molecule has 0 aromatic heterocycles. The van der Waals surface area contributed by atoms with Crippen molar-refractivity contribution >= 4 is 29.3 Å². The predicted octanol–water partition coefficient (Wildman–Crippen LogP) is 3.37. The van der Waals surface area contributed by atoms with Crippen LogP contribution in [0.3, 0.4) is 0 Å². The van der Waals surface area contributed by atoms with Crippen LogP contribution in [0.1, 0.15) is 19.8 Å². The SMILES string of the molecule is CC1(CNC(=O)CCCSc2ccc(Cl)cc2)COC1. The molecule has 0 saturated carbocycles. The second kappa shape index (κ2) is 7.34. The van der Waals surface area contributed by atoms with Gasteiger partial charge in [0.15, 0.2) is 0 Å². The number of hydrogen-bond acceptors (Lipinski definition) is 3. The average molecular weight is 314 g/mol. The van der Waals surface area contributed by atoms with Crippen molar-refractivity contribution in [1.29, 1.82) is 0 Å². The molecule has 20 heavy (non-hydrogen) atoms. The Labute approximate surface area is 129 Å². The highest BCUT2D eigenvalue weighted by Crippen LogP contribution is 2.25. The Morgan fingerprint density at radius 3 is 2.70 bits per heavy atom. The largest absolute Gasteiger partial charge is 0.380 e. The van der Waals surface area contributed by atoms with Gasteiger partial charge in [-0.25, -0.2) is 0 Å². The van der Waals surface area contributed by atoms with Crippen LogP contribution in [0, 0.1) is 5.41 Å². The number of carbonyl (C=O) groups excluding carboxylic acids is 1. The van der Waals surface area contributed by atoms with Crippen LogP contribution in [-0.4, -0.2) is 31.4 Å². The molecule has 1 heterocycles. The number of ether oxygens (including phenoxy) is 1. The summed E-state index contributed by atoms with van der Waals surface area (Å²) in [4.78, 5) is 12.9. The summed E-state index contributed by atoms with van der Waals surface area (Å²) >= 11 is 7.58. The van der Waals surface area contributed by atoms with Gasteiger partial charge in [-0.05, 0) is 36.4 Å². The smallest absolute Gasteiger partial charge is 0.220 e. The first kappa shape index (κ1) is 15.7. The Balaban J connectivity index is 1.56. The summed E-state index contributed by atoms with van der Waals surface area (Å²) in [7, 11) is 0. The van der Waals surface area contributed by atoms with Gasteiger partial charge in [-0.2, -0.15) is 0 Å². The Morgan fingerprint density at radius 1 is 1.40 bits per heavy atom. The second-order valence-electron chi connectivity index (χ2n) is 5.49. The fraction of sp³-hybridized carbons (Fsp3) is 0.533. The molecule has 1 aliphatic heterocycles. The molecule has 0 spiro atoms. The summed E-state index contributed by atoms with van der Waals surface area (Å²) < 4.78 is 5.16. The van der Waals surface area contributed by atoms with E-state index in [2.05, 4.69) is 12.2 Å². The third-order valence-electron chi connectivity index (χ3n) is 3.24. The van der Waals surface area contributed by atoms with Gasteiger partial charge in [-0.3, -0.25) is 4.79 Å². The Hall–Kier alpha value is -0.710. The summed E-state index contributed by atoms with van der Waals surface area (Å²) in [6, 6.07) is 7.78. The second-order valence-corrected chi connectivity index (χ2v) is 7.09. The maximum absolute atomic E-state index is 11.7. The van der Waals surface area contributed by atoms with Gasteiger partial charge in [-0.1, -0.05) is 18.5 Å². The molecule has 1 amide bonds. The predicted molar refractivity (Wildman–Crippen MR) is 83.3 cm³/mol. The summed E-state index contributed by atoms with van der Waals surface area (Å²) in [5, 5.41) is 3.74. The van der Waals surface area contributed by atoms with Crippen LogP contribution in [0.4, 0.5) is 0 Å². The molecule has 2 rings (SSSR count). The highest BCUT2D eigenvalue weighted by atomic mass is 35.5. The maximum Gasteiger partial charge on any atom is 0.220 e. The molecule has 1 aliphatic rings. The molecule has 110 valence electrons. The lowest BCUT2D eigenvalue weighted by Gasteiger charge is -2.38. The van der Waals surface area contributed by atoms with Crippen molar-refractivity contribution in [3.05, 3.63) is 29.3 Å². The normalized spacial score (nSPS) is 16.5. The quantitative estimate of drug-likeness (QED) is 0.619. The highest BCUT2D eigenvalue weighted by molar-refractivity contribution is 7.99. The molecule has 0 unspecified atom stereocenters. The molecule has 0 radical (unpaired) electrons. The van der Waals surface area contributed by atoms with Crippen molar-refractivity contribution in [3.8, 4) is 0 Å². The van der Waals surface area contributed by atoms with Crippen LogP contribution in [0.5, 0.6) is 0 Å². The minimum atomic E-state index is 0.134. The fourth-order valence-electron chi connectivity index (χ4n) is 1.91. The van der Waals surface area contributed by atoms with Gasteiger partial charge in [0.25, 0.3) is 0 Å². The van der Waals surface area contributed by atoms with E-state index in [4.69, 9.17) is 16.3 Å². The minimum absolute atomic E-state index is 0.134. The first-order valence-electron chi connectivity index (χ1n) is 6.80. The van der Waals surface area contributed by atoms with Crippen molar-refractivity contribution in [1.82, 2.24) is 5.32 Å². The number of halogens is 1. The average Bonchev–Trinajstić information content (AvgIpc) is 2.41. The Bertz CT molecular complexity index is 446. The van der Waals surface area contributed by atoms with E-state index in [1.165, 1.54) is 4.90 Å². The van der Waals surface area contributed by atoms with E-state index in [-0.39, 0.29) is 11.3 Å². The van der Waals surface area contributed by atoms with Crippen LogP contribution in [0.25, 0.3) is 0 Å². The lowest BCUT2D eigenvalue weighted by molar-refractivity contribution is -0.126. The number of hydrogen-bond donors (Lipinski definition) is 1. The number of amides is 1. The van der Waals surface area contributed by atoms with Gasteiger partial charge >= 0.3 is 0 Å². The van der Waals surface area contributed by atoms with Crippen LogP contribution in [0.15, 0.2) is 29.2 Å². The number of nitrogens with one attached hydrogen (secondary N) is 1. The van der Waals surface area contributed by atoms with Gasteiger partial charge in [0, 0.05) is 28.3 Å². The van der Waals surface area contributed by atoms with E-state index in [1.807, 2.05) is 24.3 Å². The first-order valence-corrected chi connectivity index (χ1v) is 8.17. The zero-order chi connectivity index (χ0) is 14.4. The van der Waals surface area contributed by atoms with Gasteiger partial charge < -0.3 is 10.1 Å². The van der Waals surface area contributed by atoms with Crippen molar-refractivity contribution in [2.75, 3.05) is 25.5 Å². The maximum atomic E-state index is 11.7. The molecule has 0 atom stereocenters. The molecule has 0 bridgehead atoms. The number of carbonyl (C=O) groups is 1. The van der Waals surface area contributed by atoms with Crippen LogP contribution < -0.4 is 5.32 Å². The standard InChI is InChI=1S/C15H20ClNO2S/c1-15(10-19-11-15)9-17-14(18)3-2-8-20-13-6-4-12(16)5-7-13/h4-7H,2-3,8-11H2,1H3,(H,17,18). The van der Waals surface area contributed by atoms with E-state index >= 15 is 0 Å². The summed E-state index contributed by atoms with van der Waals surface area (Å²) in [5.41, 5.74) is 0.147. The lowest BCUT2D eigenvalue weighted by atomic mass is 9.89. The fourth-order valence-corrected chi connectivity index (χ4v) is 2.89. The molecule has 1 saturated heterocycles. The number of thioether (sulfide) groups is 1. The van der Waals surface area contributed by atoms with Crippen LogP contribution in [-0.2, 0) is 9.53 Å². The number of benzene rings is 1. The summed E-state index contributed by atoms with van der Waals surface area (Å²) in [5.74, 6) is 1.07. The minimum Gasteiger partial charge on any atom is -0.380 e. The molecule has 1 aromatic carbocycles. The van der Waals surface area contributed by atoms with Gasteiger partial charge in [0.2, 0.25) is 5.91 Å². The molecule has 5 heteroatoms. The van der Waals surface area contributed by atoms with E-state index in [0.29, 0.717) is 6.42 Å². The van der Waals surface area contributed by atoms with Gasteiger partial charge in [0.05, 0.1) is 13.2 Å². The molecular weight excluding hydrogens is 294 g/mol. The Kier molecular flexibility index (Phi) is 5.75. The van der Waals surface area contributed by atoms with Gasteiger partial charge in [0.1, 0.15) is 0 Å². The monoisotopic (exact) mass is 313 g/mol. The van der Waals surface area contributed by atoms with Crippen molar-refractivity contribution in [2.24, 2.45) is 5.41 Å². The first-order chi connectivity index (χ1) is 9.57. The molecule has 1 fully saturated rings. The third-order valence-corrected chi connectivity index (χ3v) is 4.59. The van der Waals surface area contributed by atoms with Crippen molar-refractivity contribution < 1.29 is 9.53 Å². The van der Waals surface area contributed by atoms with Crippen molar-refractivity contribution in [3.63, 3.8) is 0 Å². The molecule has 3 nitrogen and oxygen atoms in total. The van der Waals surface area contributed by atoms with Crippen molar-refractivity contribution in [2.45, 2.75) is 24.7 Å². The zero-order valence-electron chi connectivity index (χ0n) is 11.7. The Morgan fingerprint density at radius 2 is 2.10 bits per heavy atom. The third kappa shape index (κ3) is 5.00. The lowest BCUT2D eigenvalue weighted by Crippen LogP contribution is -2.48. The summed E-state index contributed by atoms with van der Waals surface area (Å²) in [6.45, 7) is 4.35. The molecule has 0 aliphatic carbocycles. The van der Waals surface area contributed by atoms with E-state index in [1.54, 1.807) is 11.8 Å². The van der Waals surface area contributed by atoms with Crippen LogP contribution in [0.2, 0.25) is 5.02 Å². The zero-order valence-corrected chi connectivity index (χ0v) is 13.2. The van der Waals surface area contributed by atoms with E-state index < -0.39 is 0 Å². The topological polar surface area (TPSA) is 38.3 Å². The highest BCUT2D eigenvalue weighted by Gasteiger charge is 2.33. The van der Waals surface area contributed by atoms with E-state index in [0.717, 1.165) is 37.0 Å².